The molecule has 1 amide bonds. The molecular weight excluding hydrogens is 452 g/mol. The number of ether oxygens (including phenoxy) is 3. The van der Waals surface area contributed by atoms with Gasteiger partial charge < -0.3 is 24.0 Å². The van der Waals surface area contributed by atoms with Gasteiger partial charge in [0.1, 0.15) is 5.75 Å². The lowest BCUT2D eigenvalue weighted by molar-refractivity contribution is -0.131. The maximum atomic E-state index is 13.0. The smallest absolute Gasteiger partial charge is 0.231 e. The topological polar surface area (TPSA) is 51.2 Å². The third-order valence-electron chi connectivity index (χ3n) is 7.00. The minimum atomic E-state index is 0. The Morgan fingerprint density at radius 2 is 1.91 bits per heavy atom. The van der Waals surface area contributed by atoms with Crippen LogP contribution in [0.4, 0.5) is 0 Å². The molecule has 1 saturated heterocycles. The molecule has 3 aliphatic heterocycles. The lowest BCUT2D eigenvalue weighted by Gasteiger charge is -2.35. The molecule has 2 aromatic rings. The van der Waals surface area contributed by atoms with Crippen molar-refractivity contribution < 1.29 is 19.0 Å². The first kappa shape index (κ1) is 24.7. The summed E-state index contributed by atoms with van der Waals surface area (Å²) < 4.78 is 17.0. The zero-order chi connectivity index (χ0) is 22.6. The van der Waals surface area contributed by atoms with E-state index in [-0.39, 0.29) is 25.1 Å². The fourth-order valence-corrected chi connectivity index (χ4v) is 5.27. The molecule has 1 fully saturated rings. The molecule has 0 bridgehead atoms. The molecule has 0 aliphatic carbocycles. The Kier molecular flexibility index (Phi) is 8.22. The van der Waals surface area contributed by atoms with Gasteiger partial charge in [-0.1, -0.05) is 12.1 Å². The Morgan fingerprint density at radius 1 is 1.09 bits per heavy atom. The van der Waals surface area contributed by atoms with E-state index in [1.54, 1.807) is 0 Å². The van der Waals surface area contributed by atoms with E-state index in [4.69, 9.17) is 14.2 Å². The number of hydrogen-bond donors (Lipinski definition) is 0. The van der Waals surface area contributed by atoms with Gasteiger partial charge in [-0.3, -0.25) is 4.79 Å². The minimum Gasteiger partial charge on any atom is -0.494 e. The maximum Gasteiger partial charge on any atom is 0.231 e. The van der Waals surface area contributed by atoms with Gasteiger partial charge in [-0.05, 0) is 86.0 Å². The average molecular weight is 487 g/mol. The molecule has 1 unspecified atom stereocenters. The maximum absolute atomic E-state index is 13.0. The summed E-state index contributed by atoms with van der Waals surface area (Å²) in [5, 5.41) is 0. The third-order valence-corrected chi connectivity index (χ3v) is 7.00. The number of amides is 1. The van der Waals surface area contributed by atoms with Crippen LogP contribution in [0.3, 0.4) is 0 Å². The van der Waals surface area contributed by atoms with Crippen LogP contribution in [0.1, 0.15) is 36.0 Å². The molecule has 184 valence electrons. The lowest BCUT2D eigenvalue weighted by Crippen LogP contribution is -2.43. The van der Waals surface area contributed by atoms with Crippen LogP contribution in [0, 0.1) is 12.8 Å². The molecular formula is C27H35ClN2O4. The van der Waals surface area contributed by atoms with Crippen LogP contribution >= 0.6 is 12.4 Å². The molecule has 34 heavy (non-hydrogen) atoms. The van der Waals surface area contributed by atoms with Crippen LogP contribution in [0.15, 0.2) is 36.4 Å². The summed E-state index contributed by atoms with van der Waals surface area (Å²) in [4.78, 5) is 17.7. The molecule has 5 rings (SSSR count). The van der Waals surface area contributed by atoms with Gasteiger partial charge in [0.2, 0.25) is 12.7 Å². The molecule has 0 spiro atoms. The number of carbonyl (C=O) groups excluding carboxylic acids is 1. The highest BCUT2D eigenvalue weighted by Gasteiger charge is 2.28. The summed E-state index contributed by atoms with van der Waals surface area (Å²) in [5.41, 5.74) is 3.53. The van der Waals surface area contributed by atoms with Gasteiger partial charge in [0, 0.05) is 26.2 Å². The highest BCUT2D eigenvalue weighted by atomic mass is 35.5. The van der Waals surface area contributed by atoms with Crippen molar-refractivity contribution in [2.24, 2.45) is 5.92 Å². The Bertz CT molecular complexity index is 999. The Morgan fingerprint density at radius 3 is 2.74 bits per heavy atom. The number of nitrogens with zero attached hydrogens (tertiary/aromatic N) is 2. The summed E-state index contributed by atoms with van der Waals surface area (Å²) in [6, 6.07) is 12.3. The molecule has 0 saturated carbocycles. The fraction of sp³-hybridized carbons (Fsp3) is 0.519. The molecule has 2 aromatic carbocycles. The summed E-state index contributed by atoms with van der Waals surface area (Å²) in [6.45, 7) is 8.00. The van der Waals surface area contributed by atoms with Crippen LogP contribution in [-0.4, -0.2) is 61.8 Å². The third kappa shape index (κ3) is 5.97. The minimum absolute atomic E-state index is 0. The van der Waals surface area contributed by atoms with Crippen LogP contribution in [0.5, 0.6) is 17.2 Å². The summed E-state index contributed by atoms with van der Waals surface area (Å²) in [7, 11) is 0. The SMILES string of the molecule is Cc1cccc(OCCCN2CCCC(CN3CCc4cc5c(cc4CC3=O)OCO5)C2)c1.Cl. The van der Waals surface area contributed by atoms with Crippen LogP contribution in [-0.2, 0) is 17.6 Å². The first-order valence-electron chi connectivity index (χ1n) is 12.2. The van der Waals surface area contributed by atoms with Crippen LogP contribution in [0.25, 0.3) is 0 Å². The van der Waals surface area contributed by atoms with Gasteiger partial charge in [-0.2, -0.15) is 0 Å². The second-order valence-corrected chi connectivity index (χ2v) is 9.57. The second kappa shape index (κ2) is 11.3. The van der Waals surface area contributed by atoms with Crippen molar-refractivity contribution >= 4 is 18.3 Å². The molecule has 3 heterocycles. The Labute approximate surface area is 208 Å². The van der Waals surface area contributed by atoms with Crippen molar-refractivity contribution in [3.63, 3.8) is 0 Å². The summed E-state index contributed by atoms with van der Waals surface area (Å²) in [6.07, 6.45) is 4.76. The van der Waals surface area contributed by atoms with E-state index in [1.165, 1.54) is 24.0 Å². The van der Waals surface area contributed by atoms with E-state index < -0.39 is 0 Å². The van der Waals surface area contributed by atoms with Crippen LogP contribution in [0.2, 0.25) is 0 Å². The number of benzene rings is 2. The standard InChI is InChI=1S/C27H34N2O4.ClH/c1-20-5-2-7-24(13-20)31-12-4-10-28-9-3-6-21(17-28)18-29-11-8-22-14-25-26(33-19-32-25)15-23(22)16-27(29)30;/h2,5,7,13-15,21H,3-4,6,8-12,16-19H2,1H3;1H. The number of aryl methyl sites for hydroxylation is 1. The van der Waals surface area contributed by atoms with E-state index in [1.807, 2.05) is 18.2 Å². The molecule has 3 aliphatic rings. The van der Waals surface area contributed by atoms with Crippen molar-refractivity contribution in [2.45, 2.75) is 39.0 Å². The van der Waals surface area contributed by atoms with Crippen molar-refractivity contribution in [2.75, 3.05) is 46.1 Å². The van der Waals surface area contributed by atoms with E-state index in [0.29, 0.717) is 12.3 Å². The van der Waals surface area contributed by atoms with Crippen molar-refractivity contribution in [1.29, 1.82) is 0 Å². The highest BCUT2D eigenvalue weighted by molar-refractivity contribution is 5.85. The lowest BCUT2D eigenvalue weighted by atomic mass is 9.97. The number of hydrogen-bond acceptors (Lipinski definition) is 5. The van der Waals surface area contributed by atoms with Gasteiger partial charge >= 0.3 is 0 Å². The highest BCUT2D eigenvalue weighted by Crippen LogP contribution is 2.36. The number of fused-ring (bicyclic) bond motifs is 2. The Hall–Kier alpha value is -2.44. The quantitative estimate of drug-likeness (QED) is 0.547. The van der Waals surface area contributed by atoms with Gasteiger partial charge in [0.15, 0.2) is 11.5 Å². The van der Waals surface area contributed by atoms with Gasteiger partial charge in [0.05, 0.1) is 13.0 Å². The van der Waals surface area contributed by atoms with Gasteiger partial charge in [0.25, 0.3) is 0 Å². The fourth-order valence-electron chi connectivity index (χ4n) is 5.27. The van der Waals surface area contributed by atoms with Crippen molar-refractivity contribution in [3.05, 3.63) is 53.1 Å². The van der Waals surface area contributed by atoms with E-state index in [9.17, 15) is 4.79 Å². The van der Waals surface area contributed by atoms with E-state index in [0.717, 1.165) is 75.0 Å². The summed E-state index contributed by atoms with van der Waals surface area (Å²) in [5.74, 6) is 3.30. The van der Waals surface area contributed by atoms with Crippen LogP contribution < -0.4 is 14.2 Å². The molecule has 0 N–H and O–H groups in total. The molecule has 0 aromatic heterocycles. The monoisotopic (exact) mass is 486 g/mol. The number of piperidine rings is 1. The zero-order valence-corrected chi connectivity index (χ0v) is 20.8. The zero-order valence-electron chi connectivity index (χ0n) is 20.0. The largest absolute Gasteiger partial charge is 0.494 e. The normalized spacial score (nSPS) is 19.9. The van der Waals surface area contributed by atoms with Crippen molar-refractivity contribution in [1.82, 2.24) is 9.80 Å². The first-order chi connectivity index (χ1) is 16.1. The molecule has 1 atom stereocenters. The molecule has 6 nitrogen and oxygen atoms in total. The van der Waals surface area contributed by atoms with Gasteiger partial charge in [-0.25, -0.2) is 0 Å². The van der Waals surface area contributed by atoms with E-state index >= 15 is 0 Å². The Balaban J connectivity index is 0.00000274. The number of halogens is 1. The number of rotatable bonds is 7. The average Bonchev–Trinajstić information content (AvgIpc) is 3.21. The van der Waals surface area contributed by atoms with E-state index in [2.05, 4.69) is 34.9 Å². The summed E-state index contributed by atoms with van der Waals surface area (Å²) >= 11 is 0. The second-order valence-electron chi connectivity index (χ2n) is 9.57. The molecule has 7 heteroatoms. The number of carbonyl (C=O) groups is 1. The first-order valence-corrected chi connectivity index (χ1v) is 12.2. The predicted molar refractivity (Wildman–Crippen MR) is 134 cm³/mol. The number of likely N-dealkylation sites (tertiary alicyclic amines) is 1. The molecule has 0 radical (unpaired) electrons. The van der Waals surface area contributed by atoms with Gasteiger partial charge in [-0.15, -0.1) is 12.4 Å². The van der Waals surface area contributed by atoms with Crippen molar-refractivity contribution in [3.8, 4) is 17.2 Å². The predicted octanol–water partition coefficient (Wildman–Crippen LogP) is 4.25.